The molecule has 1 aromatic carbocycles. The van der Waals surface area contributed by atoms with Crippen LogP contribution >= 0.6 is 11.6 Å². The highest BCUT2D eigenvalue weighted by molar-refractivity contribution is 6.31. The Kier molecular flexibility index (Phi) is 4.13. The number of methoxy groups -OCH3 is 1. The molecule has 2 atom stereocenters. The van der Waals surface area contributed by atoms with E-state index in [0.717, 1.165) is 34.0 Å². The van der Waals surface area contributed by atoms with E-state index >= 15 is 0 Å². The summed E-state index contributed by atoms with van der Waals surface area (Å²) >= 11 is 6.27. The van der Waals surface area contributed by atoms with Gasteiger partial charge in [-0.15, -0.1) is 0 Å². The number of ether oxygens (including phenoxy) is 2. The fourth-order valence-corrected chi connectivity index (χ4v) is 3.16. The van der Waals surface area contributed by atoms with E-state index in [2.05, 4.69) is 11.9 Å². The lowest BCUT2D eigenvalue weighted by atomic mass is 10.1. The summed E-state index contributed by atoms with van der Waals surface area (Å²) in [5, 5.41) is 0.794. The van der Waals surface area contributed by atoms with Gasteiger partial charge in [0.2, 0.25) is 0 Å². The summed E-state index contributed by atoms with van der Waals surface area (Å²) in [5.74, 6) is 1.24. The zero-order valence-electron chi connectivity index (χ0n) is 12.2. The average molecular weight is 304 g/mol. The Morgan fingerprint density at radius 3 is 2.71 bits per heavy atom. The molecule has 0 bridgehead atoms. The van der Waals surface area contributed by atoms with Crippen molar-refractivity contribution in [3.8, 4) is 5.75 Å². The van der Waals surface area contributed by atoms with Gasteiger partial charge >= 0.3 is 0 Å². The van der Waals surface area contributed by atoms with Gasteiger partial charge in [0, 0.05) is 11.2 Å². The first kappa shape index (κ1) is 14.4. The normalized spacial score (nSPS) is 20.3. The van der Waals surface area contributed by atoms with E-state index in [4.69, 9.17) is 21.1 Å². The van der Waals surface area contributed by atoms with Crippen molar-refractivity contribution in [1.82, 2.24) is 4.98 Å². The lowest BCUT2D eigenvalue weighted by Crippen LogP contribution is -2.02. The van der Waals surface area contributed by atoms with Crippen LogP contribution in [-0.4, -0.2) is 12.1 Å². The molecule has 0 aliphatic heterocycles. The van der Waals surface area contributed by atoms with Gasteiger partial charge in [-0.1, -0.05) is 30.7 Å². The maximum atomic E-state index is 6.27. The lowest BCUT2D eigenvalue weighted by molar-refractivity contribution is 0.0360. The highest BCUT2D eigenvalue weighted by Gasteiger charge is 2.32. The Morgan fingerprint density at radius 2 is 2.00 bits per heavy atom. The first-order valence-corrected chi connectivity index (χ1v) is 7.45. The van der Waals surface area contributed by atoms with Crippen molar-refractivity contribution in [3.05, 3.63) is 58.4 Å². The minimum atomic E-state index is 0.0239. The van der Waals surface area contributed by atoms with E-state index in [1.54, 1.807) is 13.3 Å². The molecule has 0 radical (unpaired) electrons. The number of halogens is 1. The molecule has 0 amide bonds. The number of fused-ring (bicyclic) bond motifs is 1. The fourth-order valence-electron chi connectivity index (χ4n) is 2.83. The number of hydrogen-bond acceptors (Lipinski definition) is 3. The van der Waals surface area contributed by atoms with Crippen LogP contribution in [0.15, 0.2) is 36.5 Å². The van der Waals surface area contributed by atoms with Crippen LogP contribution in [0.1, 0.15) is 42.2 Å². The lowest BCUT2D eigenvalue weighted by Gasteiger charge is -2.13. The van der Waals surface area contributed by atoms with E-state index in [9.17, 15) is 0 Å². The highest BCUT2D eigenvalue weighted by Crippen LogP contribution is 2.44. The molecule has 3 nitrogen and oxygen atoms in total. The van der Waals surface area contributed by atoms with Gasteiger partial charge in [-0.3, -0.25) is 4.98 Å². The minimum Gasteiger partial charge on any atom is -0.497 e. The molecule has 1 aromatic heterocycles. The standard InChI is InChI=1S/C17H18ClNO2/c1-11-9-15(17-16(11)14(18)7-8-19-17)21-10-12-3-5-13(20-2)6-4-12/h3-8,11,15H,9-10H2,1-2H3. The number of nitrogens with zero attached hydrogens (tertiary/aromatic N) is 1. The molecule has 1 aliphatic rings. The smallest absolute Gasteiger partial charge is 0.118 e. The molecule has 21 heavy (non-hydrogen) atoms. The maximum absolute atomic E-state index is 6.27. The first-order chi connectivity index (χ1) is 10.2. The third-order valence-corrected chi connectivity index (χ3v) is 4.27. The minimum absolute atomic E-state index is 0.0239. The molecule has 110 valence electrons. The second-order valence-electron chi connectivity index (χ2n) is 5.38. The van der Waals surface area contributed by atoms with Gasteiger partial charge in [0.15, 0.2) is 0 Å². The summed E-state index contributed by atoms with van der Waals surface area (Å²) in [7, 11) is 1.66. The van der Waals surface area contributed by atoms with E-state index in [1.165, 1.54) is 0 Å². The summed E-state index contributed by atoms with van der Waals surface area (Å²) in [6.07, 6.45) is 2.71. The monoisotopic (exact) mass is 303 g/mol. The Hall–Kier alpha value is -1.58. The van der Waals surface area contributed by atoms with Gasteiger partial charge in [-0.05, 0) is 41.7 Å². The molecule has 1 aliphatic carbocycles. The Bertz CT molecular complexity index is 627. The molecule has 0 saturated carbocycles. The second kappa shape index (κ2) is 6.04. The summed E-state index contributed by atoms with van der Waals surface area (Å²) in [4.78, 5) is 4.46. The van der Waals surface area contributed by atoms with Crippen molar-refractivity contribution in [3.63, 3.8) is 0 Å². The first-order valence-electron chi connectivity index (χ1n) is 7.08. The largest absolute Gasteiger partial charge is 0.497 e. The number of aromatic nitrogens is 1. The van der Waals surface area contributed by atoms with Crippen LogP contribution in [0.2, 0.25) is 5.02 Å². The Morgan fingerprint density at radius 1 is 1.24 bits per heavy atom. The van der Waals surface area contributed by atoms with Crippen LogP contribution in [-0.2, 0) is 11.3 Å². The third kappa shape index (κ3) is 2.89. The SMILES string of the molecule is COc1ccc(COC2CC(C)c3c(Cl)ccnc32)cc1. The molecule has 4 heteroatoms. The van der Waals surface area contributed by atoms with E-state index in [0.29, 0.717) is 12.5 Å². The van der Waals surface area contributed by atoms with Crippen molar-refractivity contribution >= 4 is 11.6 Å². The van der Waals surface area contributed by atoms with Crippen LogP contribution < -0.4 is 4.74 Å². The predicted molar refractivity (Wildman–Crippen MR) is 82.8 cm³/mol. The molecule has 0 spiro atoms. The zero-order valence-corrected chi connectivity index (χ0v) is 12.9. The zero-order chi connectivity index (χ0) is 14.8. The molecule has 0 saturated heterocycles. The van der Waals surface area contributed by atoms with Crippen LogP contribution in [0.4, 0.5) is 0 Å². The molecular formula is C17H18ClNO2. The Balaban J connectivity index is 1.71. The summed E-state index contributed by atoms with van der Waals surface area (Å²) in [5.41, 5.74) is 3.25. The summed E-state index contributed by atoms with van der Waals surface area (Å²) in [6, 6.07) is 9.77. The van der Waals surface area contributed by atoms with Crippen molar-refractivity contribution < 1.29 is 9.47 Å². The number of hydrogen-bond donors (Lipinski definition) is 0. The van der Waals surface area contributed by atoms with E-state index in [-0.39, 0.29) is 6.10 Å². The molecule has 0 fully saturated rings. The van der Waals surface area contributed by atoms with Crippen molar-refractivity contribution in [2.45, 2.75) is 32.0 Å². The average Bonchev–Trinajstić information content (AvgIpc) is 2.83. The fraction of sp³-hybridized carbons (Fsp3) is 0.353. The van der Waals surface area contributed by atoms with Crippen molar-refractivity contribution in [1.29, 1.82) is 0 Å². The van der Waals surface area contributed by atoms with Gasteiger partial charge in [-0.2, -0.15) is 0 Å². The van der Waals surface area contributed by atoms with Gasteiger partial charge in [-0.25, -0.2) is 0 Å². The van der Waals surface area contributed by atoms with Crippen LogP contribution in [0.25, 0.3) is 0 Å². The van der Waals surface area contributed by atoms with Crippen molar-refractivity contribution in [2.24, 2.45) is 0 Å². The third-order valence-electron chi connectivity index (χ3n) is 3.94. The molecular weight excluding hydrogens is 286 g/mol. The van der Waals surface area contributed by atoms with Gasteiger partial charge in [0.05, 0.1) is 19.4 Å². The van der Waals surface area contributed by atoms with Gasteiger partial charge in [0.1, 0.15) is 11.9 Å². The van der Waals surface area contributed by atoms with Crippen LogP contribution in [0.3, 0.4) is 0 Å². The number of pyridine rings is 1. The van der Waals surface area contributed by atoms with E-state index in [1.807, 2.05) is 30.3 Å². The van der Waals surface area contributed by atoms with Crippen molar-refractivity contribution in [2.75, 3.05) is 7.11 Å². The summed E-state index contributed by atoms with van der Waals surface area (Å²) in [6.45, 7) is 2.73. The number of benzene rings is 1. The van der Waals surface area contributed by atoms with Crippen LogP contribution in [0, 0.1) is 0 Å². The van der Waals surface area contributed by atoms with Gasteiger partial charge < -0.3 is 9.47 Å². The molecule has 2 unspecified atom stereocenters. The second-order valence-corrected chi connectivity index (χ2v) is 5.78. The number of rotatable bonds is 4. The highest BCUT2D eigenvalue weighted by atomic mass is 35.5. The molecule has 0 N–H and O–H groups in total. The van der Waals surface area contributed by atoms with Gasteiger partial charge in [0.25, 0.3) is 0 Å². The topological polar surface area (TPSA) is 31.4 Å². The van der Waals surface area contributed by atoms with Crippen LogP contribution in [0.5, 0.6) is 5.75 Å². The Labute approximate surface area is 129 Å². The molecule has 1 heterocycles. The molecule has 2 aromatic rings. The van der Waals surface area contributed by atoms with E-state index < -0.39 is 0 Å². The maximum Gasteiger partial charge on any atom is 0.118 e. The predicted octanol–water partition coefficient (Wildman–Crippen LogP) is 4.51. The summed E-state index contributed by atoms with van der Waals surface area (Å²) < 4.78 is 11.2. The quantitative estimate of drug-likeness (QED) is 0.833. The molecule has 3 rings (SSSR count).